The van der Waals surface area contributed by atoms with E-state index in [2.05, 4.69) is 31.5 Å². The van der Waals surface area contributed by atoms with Gasteiger partial charge in [-0.2, -0.15) is 0 Å². The van der Waals surface area contributed by atoms with E-state index < -0.39 is 0 Å². The molecule has 0 heterocycles. The minimum absolute atomic E-state index is 0. The van der Waals surface area contributed by atoms with Gasteiger partial charge in [0.25, 0.3) is 0 Å². The summed E-state index contributed by atoms with van der Waals surface area (Å²) in [5, 5.41) is 15.5. The molecule has 152 valence electrons. The number of hydrogen-bond donors (Lipinski definition) is 0. The summed E-state index contributed by atoms with van der Waals surface area (Å²) < 4.78 is 0. The van der Waals surface area contributed by atoms with Gasteiger partial charge in [-0.1, -0.05) is 83.1 Å². The summed E-state index contributed by atoms with van der Waals surface area (Å²) >= 11 is 0. The van der Waals surface area contributed by atoms with Crippen LogP contribution in [0.15, 0.2) is 20.7 Å². The quantitative estimate of drug-likeness (QED) is 0.262. The van der Waals surface area contributed by atoms with Crippen LogP contribution in [0, 0.1) is 0 Å². The van der Waals surface area contributed by atoms with Crippen LogP contribution in [0.1, 0.15) is 83.1 Å². The molecule has 0 atom stereocenters. The summed E-state index contributed by atoms with van der Waals surface area (Å²) in [6.07, 6.45) is 0. The number of nitrogens with zero attached hydrogens (tertiary/aromatic N) is 6. The maximum absolute atomic E-state index is 4.00. The summed E-state index contributed by atoms with van der Waals surface area (Å²) in [7, 11) is 0. The zero-order chi connectivity index (χ0) is 18.2. The van der Waals surface area contributed by atoms with E-state index in [0.29, 0.717) is 0 Å². The smallest absolute Gasteiger partial charge is 0.376 e. The Labute approximate surface area is 170 Å². The summed E-state index contributed by atoms with van der Waals surface area (Å²) in [5.74, 6) is 0. The minimum Gasteiger partial charge on any atom is -0.376 e. The molecule has 0 rings (SSSR count). The van der Waals surface area contributed by atoms with Crippen LogP contribution in [0.5, 0.6) is 0 Å². The molecule has 0 aromatic carbocycles. The molecule has 0 amide bonds. The van der Waals surface area contributed by atoms with Crippen molar-refractivity contribution in [1.82, 2.24) is 0 Å². The Morgan fingerprint density at radius 3 is 0.792 bits per heavy atom. The Morgan fingerprint density at radius 2 is 0.667 bits per heavy atom. The van der Waals surface area contributed by atoms with Gasteiger partial charge < -0.3 is 21.1 Å². The van der Waals surface area contributed by atoms with Gasteiger partial charge in [-0.25, -0.2) is 0 Å². The largest absolute Gasteiger partial charge is 1.00 e. The Balaban J connectivity index is -0.000000154. The molecule has 24 heavy (non-hydrogen) atoms. The van der Waals surface area contributed by atoms with Gasteiger partial charge in [-0.3, -0.25) is 10.4 Å². The van der Waals surface area contributed by atoms with Gasteiger partial charge in [-0.05, 0) is 22.2 Å². The second-order valence-electron chi connectivity index (χ2n) is 9.26. The normalized spacial score (nSPS) is 12.8. The first-order chi connectivity index (χ1) is 9.41. The van der Waals surface area contributed by atoms with Gasteiger partial charge in [0.2, 0.25) is 0 Å². The molecule has 0 saturated heterocycles. The average Bonchev–Trinajstić information content (AvgIpc) is 2.08. The van der Waals surface area contributed by atoms with E-state index in [1.165, 1.54) is 0 Å². The summed E-state index contributed by atoms with van der Waals surface area (Å²) in [6, 6.07) is 0. The van der Waals surface area contributed by atoms with E-state index in [0.717, 1.165) is 0 Å². The molecule has 0 radical (unpaired) electrons. The minimum atomic E-state index is -0.116. The van der Waals surface area contributed by atoms with Crippen molar-refractivity contribution in [3.8, 4) is 0 Å². The maximum Gasteiger partial charge on any atom is 1.00 e. The Kier molecular flexibility index (Phi) is 16.1. The van der Waals surface area contributed by atoms with Gasteiger partial charge in [0.15, 0.2) is 0 Å². The summed E-state index contributed by atoms with van der Waals surface area (Å²) in [4.78, 5) is 0. The van der Waals surface area contributed by atoms with E-state index in [1.54, 1.807) is 0 Å². The first-order valence-electron chi connectivity index (χ1n) is 7.69. The molecule has 0 aromatic rings. The molecule has 0 aliphatic heterocycles. The summed E-state index contributed by atoms with van der Waals surface area (Å²) in [6.45, 7) is 23.9. The molecule has 0 aliphatic rings. The Morgan fingerprint density at radius 1 is 0.458 bits per heavy atom. The molecule has 0 N–H and O–H groups in total. The predicted octanol–water partition coefficient (Wildman–Crippen LogP) is 6.64. The van der Waals surface area contributed by atoms with Crippen LogP contribution >= 0.6 is 0 Å². The van der Waals surface area contributed by atoms with Crippen LogP contribution in [0.25, 0.3) is 10.9 Å². The van der Waals surface area contributed by atoms with Crippen molar-refractivity contribution in [3.05, 3.63) is 10.9 Å². The molecule has 0 aliphatic carbocycles. The van der Waals surface area contributed by atoms with Gasteiger partial charge in [0.1, 0.15) is 0 Å². The van der Waals surface area contributed by atoms with Crippen LogP contribution < -0.4 is 0 Å². The fourth-order valence-electron chi connectivity index (χ4n) is 0.581. The van der Waals surface area contributed by atoms with Crippen LogP contribution in [0.2, 0.25) is 0 Å². The van der Waals surface area contributed by atoms with E-state index in [-0.39, 0.29) is 56.3 Å². The van der Waals surface area contributed by atoms with Gasteiger partial charge in [0, 0.05) is 0 Å². The molecule has 0 fully saturated rings. The number of rotatable bonds is 2. The van der Waals surface area contributed by atoms with Crippen molar-refractivity contribution in [3.63, 3.8) is 0 Å². The standard InChI is InChI=1S/2C8H18N3.2Cu/c2*1-7(2,3)9-11-10-8(4,5)6;;/h2*1-6H3;;/q2*-1;2*+1. The third-order valence-corrected chi connectivity index (χ3v) is 1.38. The topological polar surface area (TPSA) is 77.6 Å². The van der Waals surface area contributed by atoms with Crippen LogP contribution in [0.4, 0.5) is 0 Å². The molecule has 0 bridgehead atoms. The van der Waals surface area contributed by atoms with Crippen LogP contribution in [0.3, 0.4) is 0 Å². The van der Waals surface area contributed by atoms with E-state index >= 15 is 0 Å². The van der Waals surface area contributed by atoms with Crippen molar-refractivity contribution in [2.45, 2.75) is 105 Å². The van der Waals surface area contributed by atoms with Crippen molar-refractivity contribution in [2.75, 3.05) is 0 Å². The molecular weight excluding hydrogens is 403 g/mol. The van der Waals surface area contributed by atoms with Gasteiger partial charge in [0.05, 0.1) is 0 Å². The van der Waals surface area contributed by atoms with Crippen LogP contribution in [-0.4, -0.2) is 22.2 Å². The number of hydrogen-bond acceptors (Lipinski definition) is 4. The second kappa shape index (κ2) is 12.2. The molecule has 0 spiro atoms. The molecule has 0 aromatic heterocycles. The molecule has 0 saturated carbocycles. The van der Waals surface area contributed by atoms with E-state index in [1.807, 2.05) is 83.1 Å². The van der Waals surface area contributed by atoms with E-state index in [9.17, 15) is 0 Å². The third kappa shape index (κ3) is 37.8. The summed E-state index contributed by atoms with van der Waals surface area (Å²) in [5.41, 5.74) is 7.54. The molecule has 8 heteroatoms. The average molecular weight is 440 g/mol. The van der Waals surface area contributed by atoms with E-state index in [4.69, 9.17) is 0 Å². The Bertz CT molecular complexity index is 319. The van der Waals surface area contributed by atoms with Gasteiger partial charge in [-0.15, -0.1) is 0 Å². The second-order valence-corrected chi connectivity index (χ2v) is 9.26. The molecule has 0 unspecified atom stereocenters. The SMILES string of the molecule is CC(C)(C)N=N[N-]C(C)(C)C.CC(C)(C)N=N[N-]C(C)(C)C.[Cu+].[Cu+]. The van der Waals surface area contributed by atoms with Crippen molar-refractivity contribution >= 4 is 0 Å². The van der Waals surface area contributed by atoms with Gasteiger partial charge >= 0.3 is 34.1 Å². The van der Waals surface area contributed by atoms with Crippen molar-refractivity contribution in [1.29, 1.82) is 0 Å². The zero-order valence-electron chi connectivity index (χ0n) is 17.3. The predicted molar refractivity (Wildman–Crippen MR) is 95.4 cm³/mol. The fourth-order valence-corrected chi connectivity index (χ4v) is 0.581. The van der Waals surface area contributed by atoms with Crippen molar-refractivity contribution in [2.24, 2.45) is 20.7 Å². The molecule has 6 nitrogen and oxygen atoms in total. The van der Waals surface area contributed by atoms with Crippen molar-refractivity contribution < 1.29 is 34.1 Å². The molecular formula is C16H36Cu2N6. The zero-order valence-corrected chi connectivity index (χ0v) is 19.2. The van der Waals surface area contributed by atoms with Crippen LogP contribution in [-0.2, 0) is 34.1 Å². The fraction of sp³-hybridized carbons (Fsp3) is 1.00. The monoisotopic (exact) mass is 438 g/mol. The third-order valence-electron chi connectivity index (χ3n) is 1.38. The first-order valence-corrected chi connectivity index (χ1v) is 7.69. The Hall–Kier alpha value is -0.161. The maximum atomic E-state index is 4.00. The first kappa shape index (κ1) is 31.6.